The van der Waals surface area contributed by atoms with Crippen LogP contribution in [0, 0.1) is 5.63 Å². The molecule has 0 heterocycles. The Kier molecular flexibility index (Phi) is 3.93. The molecular formula is C3H2O2P2. The first kappa shape index (κ1) is 6.85. The van der Waals surface area contributed by atoms with Crippen LogP contribution >= 0.6 is 16.8 Å². The Morgan fingerprint density at radius 1 is 1.86 bits per heavy atom. The summed E-state index contributed by atoms with van der Waals surface area (Å²) in [4.78, 5) is 9.99. The van der Waals surface area contributed by atoms with Gasteiger partial charge in [-0.2, -0.15) is 0 Å². The zero-order valence-corrected chi connectivity index (χ0v) is 5.24. The predicted octanol–water partition coefficient (Wildman–Crippen LogP) is 0.751. The van der Waals surface area contributed by atoms with Gasteiger partial charge in [0.2, 0.25) is 0 Å². The van der Waals surface area contributed by atoms with E-state index in [0.29, 0.717) is 0 Å². The molecule has 0 fully saturated rings. The summed E-state index contributed by atoms with van der Waals surface area (Å²) in [7, 11) is 2.41. The first-order valence-corrected chi connectivity index (χ1v) is 2.83. The van der Waals surface area contributed by atoms with Gasteiger partial charge in [-0.1, -0.05) is 0 Å². The van der Waals surface area contributed by atoms with Gasteiger partial charge in [0.1, 0.15) is 0 Å². The number of Topliss-reactive ketones (excluding diaryl/α,β-unsaturated/α-hetero) is 1. The quantitative estimate of drug-likeness (QED) is 0.493. The Morgan fingerprint density at radius 3 is 2.57 bits per heavy atom. The number of carbonyl (C=O) groups is 1. The molecule has 0 aromatic heterocycles. The second-order valence-electron chi connectivity index (χ2n) is 0.712. The molecule has 0 atom stereocenters. The summed E-state index contributed by atoms with van der Waals surface area (Å²) < 4.78 is 9.50. The van der Waals surface area contributed by atoms with Gasteiger partial charge in [-0.25, -0.2) is 0 Å². The molecule has 0 aliphatic carbocycles. The molecule has 4 heteroatoms. The van der Waals surface area contributed by atoms with E-state index >= 15 is 0 Å². The molecule has 0 aliphatic rings. The van der Waals surface area contributed by atoms with Gasteiger partial charge in [0.15, 0.2) is 0 Å². The maximum absolute atomic E-state index is 9.99. The molecule has 0 aromatic carbocycles. The average Bonchev–Trinajstić information content (AvgIpc) is 1.68. The zero-order valence-electron chi connectivity index (χ0n) is 3.34. The van der Waals surface area contributed by atoms with Gasteiger partial charge >= 0.3 is 43.3 Å². The molecule has 0 aromatic rings. The van der Waals surface area contributed by atoms with Gasteiger partial charge in [0, 0.05) is 0 Å². The first-order valence-electron chi connectivity index (χ1n) is 1.44. The Bertz CT molecular complexity index is 176. The van der Waals surface area contributed by atoms with E-state index in [-0.39, 0.29) is 7.92 Å². The molecular weight excluding hydrogens is 130 g/mol. The Labute approximate surface area is 44.3 Å². The summed E-state index contributed by atoms with van der Waals surface area (Å²) >= 11 is 0. The van der Waals surface area contributed by atoms with Crippen molar-refractivity contribution in [1.82, 2.24) is 0 Å². The van der Waals surface area contributed by atoms with Gasteiger partial charge in [0.25, 0.3) is 0 Å². The van der Waals surface area contributed by atoms with Crippen molar-refractivity contribution >= 4 is 28.4 Å². The fourth-order valence-corrected chi connectivity index (χ4v) is 0.425. The van der Waals surface area contributed by atoms with E-state index in [9.17, 15) is 9.36 Å². The fraction of sp³-hybridized carbons (Fsp3) is 0. The van der Waals surface area contributed by atoms with Crippen LogP contribution in [-0.2, 0) is 9.36 Å². The van der Waals surface area contributed by atoms with Crippen LogP contribution in [0.5, 0.6) is 0 Å². The molecule has 0 saturated carbocycles. The molecule has 0 saturated heterocycles. The third kappa shape index (κ3) is 3.69. The third-order valence-electron chi connectivity index (χ3n) is 0.287. The van der Waals surface area contributed by atoms with Crippen LogP contribution in [0.4, 0.5) is 0 Å². The van der Waals surface area contributed by atoms with Crippen molar-refractivity contribution < 1.29 is 9.36 Å². The summed E-state index contributed by atoms with van der Waals surface area (Å²) in [5.41, 5.74) is 1.97. The van der Waals surface area contributed by atoms with E-state index in [1.165, 1.54) is 0 Å². The second-order valence-corrected chi connectivity index (χ2v) is 1.41. The zero-order chi connectivity index (χ0) is 5.70. The predicted molar refractivity (Wildman–Crippen MR) is 30.9 cm³/mol. The normalized spacial score (nSPS) is 6.29. The van der Waals surface area contributed by atoms with Crippen LogP contribution in [0.25, 0.3) is 0 Å². The third-order valence-corrected chi connectivity index (χ3v) is 0.861. The summed E-state index contributed by atoms with van der Waals surface area (Å²) in [5, 5.41) is 0. The van der Waals surface area contributed by atoms with Crippen molar-refractivity contribution in [2.45, 2.75) is 0 Å². The number of ketones is 1. The number of hydrogen-bond acceptors (Lipinski definition) is 2. The molecule has 0 unspecified atom stereocenters. The average molecular weight is 132 g/mol. The molecule has 0 radical (unpaired) electrons. The molecule has 7 heavy (non-hydrogen) atoms. The fourth-order valence-electron chi connectivity index (χ4n) is 0.0773. The SMILES string of the molecule is O=P#CC(=O)C=P. The van der Waals surface area contributed by atoms with E-state index < -0.39 is 5.78 Å². The Morgan fingerprint density at radius 2 is 2.43 bits per heavy atom. The minimum atomic E-state index is -0.409. The summed E-state index contributed by atoms with van der Waals surface area (Å²) in [6.45, 7) is 0. The van der Waals surface area contributed by atoms with Crippen molar-refractivity contribution in [1.29, 1.82) is 0 Å². The van der Waals surface area contributed by atoms with E-state index in [1.54, 1.807) is 0 Å². The van der Waals surface area contributed by atoms with Crippen LogP contribution in [0.2, 0.25) is 0 Å². The minimum absolute atomic E-state index is 0.372. The van der Waals surface area contributed by atoms with Crippen LogP contribution in [-0.4, -0.2) is 11.6 Å². The molecule has 0 spiro atoms. The molecule has 0 bridgehead atoms. The molecule has 2 nitrogen and oxygen atoms in total. The van der Waals surface area contributed by atoms with Gasteiger partial charge in [-0.3, -0.25) is 0 Å². The van der Waals surface area contributed by atoms with Crippen molar-refractivity contribution in [3.63, 3.8) is 0 Å². The molecule has 0 amide bonds. The number of hydrogen-bond donors (Lipinski definition) is 0. The maximum atomic E-state index is 9.99. The van der Waals surface area contributed by atoms with Gasteiger partial charge in [-0.15, -0.1) is 0 Å². The van der Waals surface area contributed by atoms with Gasteiger partial charge in [-0.05, 0) is 0 Å². The van der Waals surface area contributed by atoms with Gasteiger partial charge < -0.3 is 0 Å². The van der Waals surface area contributed by atoms with E-state index in [1.807, 2.05) is 5.63 Å². The van der Waals surface area contributed by atoms with Crippen LogP contribution < -0.4 is 0 Å². The summed E-state index contributed by atoms with van der Waals surface area (Å²) in [6.07, 6.45) is 0. The van der Waals surface area contributed by atoms with Gasteiger partial charge in [0.05, 0.1) is 0 Å². The number of rotatable bonds is 1. The molecule has 0 rings (SSSR count). The molecule has 36 valence electrons. The van der Waals surface area contributed by atoms with E-state index in [4.69, 9.17) is 0 Å². The topological polar surface area (TPSA) is 34.1 Å². The second kappa shape index (κ2) is 4.02. The standard InChI is InChI=1S/C3H2O2P2/c4-3(1-6)2-7-5/h1,6H. The summed E-state index contributed by atoms with van der Waals surface area (Å²) in [6, 6.07) is 0. The first-order chi connectivity index (χ1) is 3.31. The van der Waals surface area contributed by atoms with Crippen molar-refractivity contribution in [3.8, 4) is 5.63 Å². The van der Waals surface area contributed by atoms with Crippen LogP contribution in [0.15, 0.2) is 0 Å². The monoisotopic (exact) mass is 132 g/mol. The molecule has 0 N–H and O–H groups in total. The van der Waals surface area contributed by atoms with Crippen molar-refractivity contribution in [3.05, 3.63) is 0 Å². The Balaban J connectivity index is 4.01. The van der Waals surface area contributed by atoms with Crippen molar-refractivity contribution in [2.75, 3.05) is 0 Å². The van der Waals surface area contributed by atoms with Crippen LogP contribution in [0.3, 0.4) is 0 Å². The molecule has 0 aliphatic heterocycles. The number of carbonyl (C=O) groups excluding carboxylic acids is 1. The summed E-state index contributed by atoms with van der Waals surface area (Å²) in [5.74, 6) is 0.693. The van der Waals surface area contributed by atoms with Crippen molar-refractivity contribution in [2.24, 2.45) is 0 Å². The van der Waals surface area contributed by atoms with Crippen LogP contribution in [0.1, 0.15) is 0 Å². The van der Waals surface area contributed by atoms with E-state index in [2.05, 4.69) is 8.86 Å². The Hall–Kier alpha value is -0.150. The van der Waals surface area contributed by atoms with E-state index in [0.717, 1.165) is 5.80 Å².